The molecule has 3 aromatic rings. The fourth-order valence-corrected chi connectivity index (χ4v) is 2.53. The van der Waals surface area contributed by atoms with E-state index in [0.717, 1.165) is 10.8 Å². The minimum atomic E-state index is 0.320. The van der Waals surface area contributed by atoms with Gasteiger partial charge in [0, 0.05) is 7.05 Å². The van der Waals surface area contributed by atoms with Crippen LogP contribution < -0.4 is 10.1 Å². The van der Waals surface area contributed by atoms with Crippen LogP contribution in [0, 0.1) is 0 Å². The first-order valence-electron chi connectivity index (χ1n) is 6.38. The van der Waals surface area contributed by atoms with Crippen LogP contribution in [0.15, 0.2) is 48.5 Å². The fourth-order valence-electron chi connectivity index (χ4n) is 2.04. The molecular weight excluding hydrogens is 307 g/mol. The molecule has 0 atom stereocenters. The second-order valence-corrected chi connectivity index (χ2v) is 5.28. The number of nitrogens with one attached hydrogen (secondary N) is 1. The summed E-state index contributed by atoms with van der Waals surface area (Å²) in [7, 11) is 1.74. The van der Waals surface area contributed by atoms with Crippen molar-refractivity contribution in [2.75, 3.05) is 12.4 Å². The molecular formula is C16H12Cl2N2O. The molecule has 0 bridgehead atoms. The van der Waals surface area contributed by atoms with Crippen molar-refractivity contribution in [2.24, 2.45) is 0 Å². The molecule has 0 spiro atoms. The molecule has 21 heavy (non-hydrogen) atoms. The molecule has 106 valence electrons. The first-order valence-corrected chi connectivity index (χ1v) is 7.13. The molecule has 3 nitrogen and oxygen atoms in total. The molecule has 5 heteroatoms. The highest BCUT2D eigenvalue weighted by atomic mass is 35.5. The van der Waals surface area contributed by atoms with Crippen molar-refractivity contribution < 1.29 is 4.74 Å². The molecule has 0 saturated heterocycles. The maximum atomic E-state index is 6.13. The van der Waals surface area contributed by atoms with Crippen LogP contribution in [0.1, 0.15) is 0 Å². The summed E-state index contributed by atoms with van der Waals surface area (Å²) in [5.41, 5.74) is 0. The van der Waals surface area contributed by atoms with E-state index in [1.165, 1.54) is 0 Å². The summed E-state index contributed by atoms with van der Waals surface area (Å²) in [5, 5.41) is 5.96. The van der Waals surface area contributed by atoms with Gasteiger partial charge in [0.1, 0.15) is 16.6 Å². The lowest BCUT2D eigenvalue weighted by atomic mass is 10.1. The zero-order chi connectivity index (χ0) is 14.8. The van der Waals surface area contributed by atoms with Gasteiger partial charge in [0.2, 0.25) is 5.88 Å². The van der Waals surface area contributed by atoms with Gasteiger partial charge in [-0.1, -0.05) is 53.5 Å². The van der Waals surface area contributed by atoms with Crippen molar-refractivity contribution in [3.63, 3.8) is 0 Å². The van der Waals surface area contributed by atoms with Crippen molar-refractivity contribution in [2.45, 2.75) is 0 Å². The van der Waals surface area contributed by atoms with Gasteiger partial charge in [0.25, 0.3) is 0 Å². The van der Waals surface area contributed by atoms with Gasteiger partial charge in [-0.3, -0.25) is 0 Å². The second kappa shape index (κ2) is 5.80. The number of benzene rings is 2. The third-order valence-electron chi connectivity index (χ3n) is 3.07. The van der Waals surface area contributed by atoms with Gasteiger partial charge in [-0.05, 0) is 29.0 Å². The molecule has 0 unspecified atom stereocenters. The Morgan fingerprint density at radius 2 is 1.71 bits per heavy atom. The summed E-state index contributed by atoms with van der Waals surface area (Å²) in [6.45, 7) is 0. The van der Waals surface area contributed by atoms with E-state index in [4.69, 9.17) is 27.9 Å². The monoisotopic (exact) mass is 318 g/mol. The van der Waals surface area contributed by atoms with E-state index in [9.17, 15) is 0 Å². The van der Waals surface area contributed by atoms with Crippen LogP contribution in [-0.2, 0) is 0 Å². The van der Waals surface area contributed by atoms with Gasteiger partial charge in [-0.2, -0.15) is 4.98 Å². The standard InChI is InChI=1S/C16H12Cl2N2O/c1-19-15-13(17)9-14(18)16(20-15)21-12-7-6-10-4-2-3-5-11(10)8-12/h2-9H,1H3,(H,19,20). The van der Waals surface area contributed by atoms with E-state index in [0.29, 0.717) is 27.5 Å². The van der Waals surface area contributed by atoms with Crippen molar-refractivity contribution in [3.8, 4) is 11.6 Å². The number of hydrogen-bond donors (Lipinski definition) is 1. The quantitative estimate of drug-likeness (QED) is 0.704. The first kappa shape index (κ1) is 14.0. The molecule has 3 rings (SSSR count). The fraction of sp³-hybridized carbons (Fsp3) is 0.0625. The molecule has 1 aromatic heterocycles. The predicted molar refractivity (Wildman–Crippen MR) is 87.8 cm³/mol. The molecule has 0 fully saturated rings. The Bertz CT molecular complexity index is 805. The molecule has 0 aliphatic carbocycles. The van der Waals surface area contributed by atoms with E-state index in [1.54, 1.807) is 13.1 Å². The van der Waals surface area contributed by atoms with Crippen molar-refractivity contribution >= 4 is 39.8 Å². The average Bonchev–Trinajstić information content (AvgIpc) is 2.50. The summed E-state index contributed by atoms with van der Waals surface area (Å²) >= 11 is 12.1. The van der Waals surface area contributed by atoms with Crippen LogP contribution in [0.5, 0.6) is 11.6 Å². The highest BCUT2D eigenvalue weighted by Crippen LogP contribution is 2.34. The minimum absolute atomic E-state index is 0.320. The molecule has 1 N–H and O–H groups in total. The molecule has 0 aliphatic rings. The Balaban J connectivity index is 1.98. The van der Waals surface area contributed by atoms with E-state index >= 15 is 0 Å². The number of hydrogen-bond acceptors (Lipinski definition) is 3. The Hall–Kier alpha value is -1.97. The smallest absolute Gasteiger partial charge is 0.240 e. The normalized spacial score (nSPS) is 10.6. The zero-order valence-corrected chi connectivity index (χ0v) is 12.7. The number of nitrogens with zero attached hydrogens (tertiary/aromatic N) is 1. The maximum absolute atomic E-state index is 6.13. The van der Waals surface area contributed by atoms with Gasteiger partial charge >= 0.3 is 0 Å². The lowest BCUT2D eigenvalue weighted by molar-refractivity contribution is 0.465. The Kier molecular flexibility index (Phi) is 3.86. The third kappa shape index (κ3) is 2.89. The number of fused-ring (bicyclic) bond motifs is 1. The van der Waals surface area contributed by atoms with Crippen molar-refractivity contribution in [3.05, 3.63) is 58.6 Å². The Morgan fingerprint density at radius 1 is 0.952 bits per heavy atom. The number of halogens is 2. The molecule has 0 radical (unpaired) electrons. The second-order valence-electron chi connectivity index (χ2n) is 4.47. The Labute approximate surface area is 132 Å². The average molecular weight is 319 g/mol. The van der Waals surface area contributed by atoms with E-state index in [1.807, 2.05) is 42.5 Å². The molecule has 0 saturated carbocycles. The maximum Gasteiger partial charge on any atom is 0.240 e. The highest BCUT2D eigenvalue weighted by Gasteiger charge is 2.10. The van der Waals surface area contributed by atoms with Crippen LogP contribution in [0.3, 0.4) is 0 Å². The van der Waals surface area contributed by atoms with Crippen LogP contribution in [0.4, 0.5) is 5.82 Å². The van der Waals surface area contributed by atoms with E-state index in [-0.39, 0.29) is 0 Å². The van der Waals surface area contributed by atoms with Gasteiger partial charge in [0.15, 0.2) is 0 Å². The minimum Gasteiger partial charge on any atom is -0.437 e. The summed E-state index contributed by atoms with van der Waals surface area (Å²) < 4.78 is 5.77. The number of rotatable bonds is 3. The lowest BCUT2D eigenvalue weighted by Gasteiger charge is -2.10. The number of anilines is 1. The number of ether oxygens (including phenoxy) is 1. The summed E-state index contributed by atoms with van der Waals surface area (Å²) in [5.74, 6) is 1.52. The largest absolute Gasteiger partial charge is 0.437 e. The summed E-state index contributed by atoms with van der Waals surface area (Å²) in [6, 6.07) is 15.5. The van der Waals surface area contributed by atoms with Crippen LogP contribution in [0.2, 0.25) is 10.0 Å². The van der Waals surface area contributed by atoms with E-state index in [2.05, 4.69) is 10.3 Å². The van der Waals surface area contributed by atoms with Gasteiger partial charge in [0.05, 0.1) is 5.02 Å². The topological polar surface area (TPSA) is 34.2 Å². The Morgan fingerprint density at radius 3 is 2.48 bits per heavy atom. The molecule has 2 aromatic carbocycles. The van der Waals surface area contributed by atoms with Gasteiger partial charge in [-0.15, -0.1) is 0 Å². The molecule has 1 heterocycles. The van der Waals surface area contributed by atoms with Crippen molar-refractivity contribution in [1.82, 2.24) is 4.98 Å². The predicted octanol–water partition coefficient (Wildman–Crippen LogP) is 5.38. The molecule has 0 amide bonds. The number of pyridine rings is 1. The van der Waals surface area contributed by atoms with Crippen LogP contribution >= 0.6 is 23.2 Å². The third-order valence-corrected chi connectivity index (χ3v) is 3.63. The summed E-state index contributed by atoms with van der Waals surface area (Å²) in [6.07, 6.45) is 0. The van der Waals surface area contributed by atoms with Gasteiger partial charge in [-0.25, -0.2) is 0 Å². The molecule has 0 aliphatic heterocycles. The SMILES string of the molecule is CNc1nc(Oc2ccc3ccccc3c2)c(Cl)cc1Cl. The van der Waals surface area contributed by atoms with Crippen molar-refractivity contribution in [1.29, 1.82) is 0 Å². The lowest BCUT2D eigenvalue weighted by Crippen LogP contribution is -1.96. The highest BCUT2D eigenvalue weighted by molar-refractivity contribution is 6.36. The zero-order valence-electron chi connectivity index (χ0n) is 11.2. The van der Waals surface area contributed by atoms with Crippen LogP contribution in [0.25, 0.3) is 10.8 Å². The number of aromatic nitrogens is 1. The van der Waals surface area contributed by atoms with E-state index < -0.39 is 0 Å². The first-order chi connectivity index (χ1) is 10.2. The summed E-state index contributed by atoms with van der Waals surface area (Å²) in [4.78, 5) is 4.27. The van der Waals surface area contributed by atoms with Gasteiger partial charge < -0.3 is 10.1 Å². The van der Waals surface area contributed by atoms with Crippen LogP contribution in [-0.4, -0.2) is 12.0 Å².